The maximum Gasteiger partial charge on any atom is 0.119 e. The van der Waals surface area contributed by atoms with Crippen molar-refractivity contribution in [2.24, 2.45) is 0 Å². The zero-order chi connectivity index (χ0) is 17.5. The molecule has 5 nitrogen and oxygen atoms in total. The number of β-amino-alcohol motifs (C(OH)–C–C–N with tert-alkyl or cyclic N) is 1. The van der Waals surface area contributed by atoms with Crippen LogP contribution in [0.25, 0.3) is 0 Å². The molecular formula is C20H26N2O3. The normalized spacial score (nSPS) is 16.5. The lowest BCUT2D eigenvalue weighted by atomic mass is 10.2. The lowest BCUT2D eigenvalue weighted by Gasteiger charge is -2.36. The van der Waals surface area contributed by atoms with E-state index in [1.807, 2.05) is 42.5 Å². The second-order valence-corrected chi connectivity index (χ2v) is 6.26. The zero-order valence-electron chi connectivity index (χ0n) is 14.7. The number of hydrogen-bond donors (Lipinski definition) is 1. The minimum Gasteiger partial charge on any atom is -0.497 e. The second-order valence-electron chi connectivity index (χ2n) is 6.26. The Morgan fingerprint density at radius 1 is 0.920 bits per heavy atom. The van der Waals surface area contributed by atoms with Crippen molar-refractivity contribution in [2.45, 2.75) is 6.10 Å². The highest BCUT2D eigenvalue weighted by Gasteiger charge is 2.19. The highest BCUT2D eigenvalue weighted by molar-refractivity contribution is 5.49. The SMILES string of the molecule is COc1ccc(N2CCN(C[C@H](O)COc3ccccc3)CC2)cc1. The van der Waals surface area contributed by atoms with Crippen molar-refractivity contribution in [3.8, 4) is 11.5 Å². The first-order chi connectivity index (χ1) is 12.2. The average molecular weight is 342 g/mol. The maximum atomic E-state index is 10.2. The smallest absolute Gasteiger partial charge is 0.119 e. The molecule has 2 aromatic carbocycles. The van der Waals surface area contributed by atoms with E-state index in [-0.39, 0.29) is 0 Å². The van der Waals surface area contributed by atoms with Gasteiger partial charge in [0.2, 0.25) is 0 Å². The van der Waals surface area contributed by atoms with Crippen molar-refractivity contribution in [3.63, 3.8) is 0 Å². The number of piperazine rings is 1. The van der Waals surface area contributed by atoms with E-state index in [1.165, 1.54) is 5.69 Å². The van der Waals surface area contributed by atoms with Crippen LogP contribution < -0.4 is 14.4 Å². The number of para-hydroxylation sites is 1. The second kappa shape index (κ2) is 8.74. The Morgan fingerprint density at radius 2 is 1.60 bits per heavy atom. The Bertz CT molecular complexity index is 625. The van der Waals surface area contributed by atoms with Crippen molar-refractivity contribution in [1.29, 1.82) is 0 Å². The third kappa shape index (κ3) is 5.11. The summed E-state index contributed by atoms with van der Waals surface area (Å²) in [5.41, 5.74) is 1.22. The largest absolute Gasteiger partial charge is 0.497 e. The predicted octanol–water partition coefficient (Wildman–Crippen LogP) is 2.26. The van der Waals surface area contributed by atoms with Crippen LogP contribution in [-0.2, 0) is 0 Å². The van der Waals surface area contributed by atoms with Crippen molar-refractivity contribution in [3.05, 3.63) is 54.6 Å². The molecule has 0 amide bonds. The number of ether oxygens (including phenoxy) is 2. The molecule has 1 saturated heterocycles. The Morgan fingerprint density at radius 3 is 2.24 bits per heavy atom. The molecule has 0 saturated carbocycles. The van der Waals surface area contributed by atoms with E-state index in [9.17, 15) is 5.11 Å². The first kappa shape index (κ1) is 17.6. The number of benzene rings is 2. The van der Waals surface area contributed by atoms with Gasteiger partial charge in [0.05, 0.1) is 7.11 Å². The molecule has 3 rings (SSSR count). The lowest BCUT2D eigenvalue weighted by molar-refractivity contribution is 0.0663. The van der Waals surface area contributed by atoms with Crippen LogP contribution in [0.15, 0.2) is 54.6 Å². The van der Waals surface area contributed by atoms with Crippen LogP contribution in [0.5, 0.6) is 11.5 Å². The molecule has 0 aliphatic carbocycles. The fourth-order valence-electron chi connectivity index (χ4n) is 3.04. The predicted molar refractivity (Wildman–Crippen MR) is 99.6 cm³/mol. The van der Waals surface area contributed by atoms with Crippen molar-refractivity contribution < 1.29 is 14.6 Å². The molecule has 0 bridgehead atoms. The van der Waals surface area contributed by atoms with Gasteiger partial charge in [-0.25, -0.2) is 0 Å². The molecule has 0 aromatic heterocycles. The average Bonchev–Trinajstić information content (AvgIpc) is 2.68. The summed E-state index contributed by atoms with van der Waals surface area (Å²) in [5, 5.41) is 10.2. The van der Waals surface area contributed by atoms with Gasteiger partial charge in [-0.2, -0.15) is 0 Å². The number of aliphatic hydroxyl groups excluding tert-OH is 1. The third-order valence-electron chi connectivity index (χ3n) is 4.46. The Kier molecular flexibility index (Phi) is 6.14. The summed E-state index contributed by atoms with van der Waals surface area (Å²) in [5.74, 6) is 1.68. The van der Waals surface area contributed by atoms with Crippen molar-refractivity contribution >= 4 is 5.69 Å². The Hall–Kier alpha value is -2.24. The molecular weight excluding hydrogens is 316 g/mol. The van der Waals surface area contributed by atoms with Gasteiger partial charge in [-0.15, -0.1) is 0 Å². The van der Waals surface area contributed by atoms with E-state index in [0.717, 1.165) is 37.7 Å². The van der Waals surface area contributed by atoms with Crippen molar-refractivity contribution in [1.82, 2.24) is 4.90 Å². The first-order valence-corrected chi connectivity index (χ1v) is 8.72. The molecule has 25 heavy (non-hydrogen) atoms. The quantitative estimate of drug-likeness (QED) is 0.836. The summed E-state index contributed by atoms with van der Waals surface area (Å²) in [7, 11) is 1.68. The van der Waals surface area contributed by atoms with Gasteiger partial charge in [0.1, 0.15) is 24.2 Å². The molecule has 0 radical (unpaired) electrons. The number of hydrogen-bond acceptors (Lipinski definition) is 5. The Balaban J connectivity index is 1.41. The topological polar surface area (TPSA) is 45.2 Å². The molecule has 5 heteroatoms. The summed E-state index contributed by atoms with van der Waals surface area (Å²) in [6.07, 6.45) is -0.479. The summed E-state index contributed by atoms with van der Waals surface area (Å²) in [6, 6.07) is 17.8. The van der Waals surface area contributed by atoms with Crippen LogP contribution in [0.2, 0.25) is 0 Å². The molecule has 1 atom stereocenters. The highest BCUT2D eigenvalue weighted by Crippen LogP contribution is 2.20. The summed E-state index contributed by atoms with van der Waals surface area (Å²) in [4.78, 5) is 4.65. The van der Waals surface area contributed by atoms with E-state index >= 15 is 0 Å². The number of rotatable bonds is 7. The van der Waals surface area contributed by atoms with E-state index in [0.29, 0.717) is 13.2 Å². The van der Waals surface area contributed by atoms with Crippen LogP contribution in [0, 0.1) is 0 Å². The van der Waals surface area contributed by atoms with Gasteiger partial charge in [0, 0.05) is 38.4 Å². The molecule has 0 spiro atoms. The molecule has 1 aliphatic heterocycles. The molecule has 134 valence electrons. The maximum absolute atomic E-state index is 10.2. The standard InChI is InChI=1S/C20H26N2O3/c1-24-19-9-7-17(8-10-19)22-13-11-21(12-14-22)15-18(23)16-25-20-5-3-2-4-6-20/h2-10,18,23H,11-16H2,1H3/t18-/m0/s1. The van der Waals surface area contributed by atoms with E-state index in [2.05, 4.69) is 21.9 Å². The van der Waals surface area contributed by atoms with Gasteiger partial charge >= 0.3 is 0 Å². The monoisotopic (exact) mass is 342 g/mol. The molecule has 1 N–H and O–H groups in total. The minimum atomic E-state index is -0.479. The number of nitrogens with zero attached hydrogens (tertiary/aromatic N) is 2. The van der Waals surface area contributed by atoms with E-state index in [4.69, 9.17) is 9.47 Å². The van der Waals surface area contributed by atoms with Crippen LogP contribution >= 0.6 is 0 Å². The van der Waals surface area contributed by atoms with Gasteiger partial charge < -0.3 is 19.5 Å². The lowest BCUT2D eigenvalue weighted by Crippen LogP contribution is -2.49. The van der Waals surface area contributed by atoms with Crippen LogP contribution in [0.4, 0.5) is 5.69 Å². The fraction of sp³-hybridized carbons (Fsp3) is 0.400. The molecule has 1 fully saturated rings. The zero-order valence-corrected chi connectivity index (χ0v) is 14.7. The molecule has 2 aromatic rings. The molecule has 1 aliphatic rings. The third-order valence-corrected chi connectivity index (χ3v) is 4.46. The number of anilines is 1. The molecule has 0 unspecified atom stereocenters. The Labute approximate surface area is 149 Å². The van der Waals surface area contributed by atoms with Gasteiger partial charge in [0.15, 0.2) is 0 Å². The summed E-state index contributed by atoms with van der Waals surface area (Å²) >= 11 is 0. The van der Waals surface area contributed by atoms with Crippen LogP contribution in [-0.4, -0.2) is 62.6 Å². The van der Waals surface area contributed by atoms with E-state index < -0.39 is 6.10 Å². The van der Waals surface area contributed by atoms with Crippen LogP contribution in [0.3, 0.4) is 0 Å². The first-order valence-electron chi connectivity index (χ1n) is 8.72. The van der Waals surface area contributed by atoms with Gasteiger partial charge in [-0.3, -0.25) is 4.90 Å². The number of aliphatic hydroxyl groups is 1. The van der Waals surface area contributed by atoms with Crippen molar-refractivity contribution in [2.75, 3.05) is 51.3 Å². The summed E-state index contributed by atoms with van der Waals surface area (Å²) in [6.45, 7) is 4.76. The van der Waals surface area contributed by atoms with Gasteiger partial charge in [-0.1, -0.05) is 18.2 Å². The number of methoxy groups -OCH3 is 1. The van der Waals surface area contributed by atoms with Gasteiger partial charge in [0.25, 0.3) is 0 Å². The summed E-state index contributed by atoms with van der Waals surface area (Å²) < 4.78 is 10.8. The minimum absolute atomic E-state index is 0.322. The fourth-order valence-corrected chi connectivity index (χ4v) is 3.04. The van der Waals surface area contributed by atoms with Crippen LogP contribution in [0.1, 0.15) is 0 Å². The van der Waals surface area contributed by atoms with Gasteiger partial charge in [-0.05, 0) is 36.4 Å². The van der Waals surface area contributed by atoms with E-state index in [1.54, 1.807) is 7.11 Å². The highest BCUT2D eigenvalue weighted by atomic mass is 16.5. The molecule has 1 heterocycles.